The van der Waals surface area contributed by atoms with E-state index in [9.17, 15) is 10.1 Å². The second-order valence-electron chi connectivity index (χ2n) is 7.56. The Kier molecular flexibility index (Phi) is 5.48. The minimum absolute atomic E-state index is 0.154. The van der Waals surface area contributed by atoms with Gasteiger partial charge in [-0.2, -0.15) is 5.26 Å². The van der Waals surface area contributed by atoms with E-state index in [1.54, 1.807) is 0 Å². The van der Waals surface area contributed by atoms with E-state index in [1.165, 1.54) is 11.1 Å². The van der Waals surface area contributed by atoms with E-state index in [-0.39, 0.29) is 5.91 Å². The molecule has 0 N–H and O–H groups in total. The Hall–Kier alpha value is -3.32. The smallest absolute Gasteiger partial charge is 0.241 e. The number of rotatable bonds is 4. The molecule has 1 aliphatic heterocycles. The molecule has 4 rings (SSSR count). The van der Waals surface area contributed by atoms with Crippen molar-refractivity contribution in [2.24, 2.45) is 0 Å². The summed E-state index contributed by atoms with van der Waals surface area (Å²) in [6.45, 7) is 3.64. The number of carbonyl (C=O) groups excluding carboxylic acids is 1. The van der Waals surface area contributed by atoms with Gasteiger partial charge in [0, 0.05) is 30.3 Å². The molecule has 146 valence electrons. The Morgan fingerprint density at radius 3 is 2.48 bits per heavy atom. The highest BCUT2D eigenvalue weighted by Crippen LogP contribution is 2.32. The summed E-state index contributed by atoms with van der Waals surface area (Å²) in [4.78, 5) is 13.2. The van der Waals surface area contributed by atoms with Crippen LogP contribution in [0.15, 0.2) is 60.7 Å². The number of hydrogen-bond acceptors (Lipinski definition) is 3. The summed E-state index contributed by atoms with van der Waals surface area (Å²) in [5.74, 6) is 0.154. The van der Waals surface area contributed by atoms with Gasteiger partial charge in [0.05, 0.1) is 17.3 Å². The monoisotopic (exact) mass is 383 g/mol. The summed E-state index contributed by atoms with van der Waals surface area (Å²) in [6, 6.07) is 22.3. The van der Waals surface area contributed by atoms with Crippen LogP contribution in [0.3, 0.4) is 0 Å². The van der Waals surface area contributed by atoms with E-state index in [1.807, 2.05) is 53.5 Å². The van der Waals surface area contributed by atoms with Gasteiger partial charge in [0.1, 0.15) is 0 Å². The highest BCUT2D eigenvalue weighted by Gasteiger charge is 2.26. The Morgan fingerprint density at radius 1 is 0.966 bits per heavy atom. The molecule has 0 saturated carbocycles. The Labute approximate surface area is 171 Å². The predicted molar refractivity (Wildman–Crippen MR) is 116 cm³/mol. The molecular formula is C25H25N3O. The van der Waals surface area contributed by atoms with Crippen molar-refractivity contribution < 1.29 is 4.79 Å². The summed E-state index contributed by atoms with van der Waals surface area (Å²) in [6.07, 6.45) is 3.32. The van der Waals surface area contributed by atoms with Crippen molar-refractivity contribution in [2.75, 3.05) is 18.1 Å². The second-order valence-corrected chi connectivity index (χ2v) is 7.56. The van der Waals surface area contributed by atoms with Crippen molar-refractivity contribution in [3.63, 3.8) is 0 Å². The number of hydrazine groups is 1. The molecule has 1 aliphatic rings. The lowest BCUT2D eigenvalue weighted by atomic mass is 10.0. The van der Waals surface area contributed by atoms with E-state index in [4.69, 9.17) is 0 Å². The average Bonchev–Trinajstić information content (AvgIpc) is 2.77. The molecule has 0 radical (unpaired) electrons. The second kappa shape index (κ2) is 8.36. The highest BCUT2D eigenvalue weighted by molar-refractivity contribution is 5.98. The molecule has 3 aromatic rings. The number of benzene rings is 3. The van der Waals surface area contributed by atoms with E-state index >= 15 is 0 Å². The molecule has 0 atom stereocenters. The van der Waals surface area contributed by atoms with Crippen LogP contribution in [-0.4, -0.2) is 24.0 Å². The summed E-state index contributed by atoms with van der Waals surface area (Å²) in [7, 11) is 0. The molecule has 0 spiro atoms. The highest BCUT2D eigenvalue weighted by atomic mass is 16.2. The number of nitriles is 1. The number of nitrogens with zero attached hydrogens (tertiary/aromatic N) is 3. The van der Waals surface area contributed by atoms with Crippen molar-refractivity contribution in [1.82, 2.24) is 5.01 Å². The van der Waals surface area contributed by atoms with Crippen molar-refractivity contribution in [1.29, 1.82) is 5.26 Å². The summed E-state index contributed by atoms with van der Waals surface area (Å²) >= 11 is 0. The fourth-order valence-electron chi connectivity index (χ4n) is 4.14. The molecule has 0 aliphatic carbocycles. The molecule has 1 heterocycles. The fraction of sp³-hybridized carbons (Fsp3) is 0.280. The third kappa shape index (κ3) is 3.82. The first kappa shape index (κ1) is 19.0. The third-order valence-corrected chi connectivity index (χ3v) is 5.74. The quantitative estimate of drug-likeness (QED) is 0.637. The molecule has 1 saturated heterocycles. The maximum Gasteiger partial charge on any atom is 0.241 e. The number of anilines is 1. The molecular weight excluding hydrogens is 358 g/mol. The summed E-state index contributed by atoms with van der Waals surface area (Å²) in [5, 5.41) is 15.4. The van der Waals surface area contributed by atoms with Gasteiger partial charge in [-0.3, -0.25) is 14.8 Å². The minimum Gasteiger partial charge on any atom is -0.282 e. The Bertz CT molecular complexity index is 1080. The third-order valence-electron chi connectivity index (χ3n) is 5.74. The first-order valence-electron chi connectivity index (χ1n) is 10.2. The van der Waals surface area contributed by atoms with Crippen LogP contribution < -0.4 is 5.01 Å². The lowest BCUT2D eigenvalue weighted by Crippen LogP contribution is -2.50. The molecule has 29 heavy (non-hydrogen) atoms. The molecule has 0 bridgehead atoms. The predicted octanol–water partition coefficient (Wildman–Crippen LogP) is 5.00. The van der Waals surface area contributed by atoms with Gasteiger partial charge in [0.15, 0.2) is 0 Å². The van der Waals surface area contributed by atoms with Crippen LogP contribution in [0.2, 0.25) is 0 Å². The van der Waals surface area contributed by atoms with Gasteiger partial charge >= 0.3 is 0 Å². The van der Waals surface area contributed by atoms with E-state index < -0.39 is 0 Å². The van der Waals surface area contributed by atoms with Gasteiger partial charge in [0.25, 0.3) is 0 Å². The topological polar surface area (TPSA) is 47.3 Å². The molecule has 1 fully saturated rings. The van der Waals surface area contributed by atoms with Gasteiger partial charge in [-0.25, -0.2) is 0 Å². The summed E-state index contributed by atoms with van der Waals surface area (Å²) in [5.41, 5.74) is 4.13. The number of fused-ring (bicyclic) bond motifs is 1. The van der Waals surface area contributed by atoms with Crippen LogP contribution in [-0.2, 0) is 11.2 Å². The van der Waals surface area contributed by atoms with Crippen LogP contribution in [0.1, 0.15) is 36.0 Å². The van der Waals surface area contributed by atoms with Gasteiger partial charge in [-0.05, 0) is 49.4 Å². The van der Waals surface area contributed by atoms with Gasteiger partial charge in [0.2, 0.25) is 5.91 Å². The van der Waals surface area contributed by atoms with E-state index in [2.05, 4.69) is 30.1 Å². The lowest BCUT2D eigenvalue weighted by Gasteiger charge is -2.41. The maximum absolute atomic E-state index is 13.2. The van der Waals surface area contributed by atoms with Gasteiger partial charge in [-0.1, -0.05) is 48.5 Å². The van der Waals surface area contributed by atoms with Crippen molar-refractivity contribution in [3.8, 4) is 6.07 Å². The normalized spacial score (nSPS) is 14.1. The molecule has 0 unspecified atom stereocenters. The van der Waals surface area contributed by atoms with E-state index in [0.717, 1.165) is 48.8 Å². The zero-order chi connectivity index (χ0) is 20.2. The number of amides is 1. The zero-order valence-electron chi connectivity index (χ0n) is 16.8. The fourth-order valence-corrected chi connectivity index (χ4v) is 4.14. The van der Waals surface area contributed by atoms with Crippen LogP contribution >= 0.6 is 0 Å². The summed E-state index contributed by atoms with van der Waals surface area (Å²) < 4.78 is 0. The van der Waals surface area contributed by atoms with Crippen LogP contribution in [0, 0.1) is 18.3 Å². The minimum atomic E-state index is 0.154. The lowest BCUT2D eigenvalue weighted by molar-refractivity contribution is -0.132. The van der Waals surface area contributed by atoms with Crippen molar-refractivity contribution >= 4 is 22.4 Å². The molecule has 1 amide bonds. The average molecular weight is 383 g/mol. The first-order chi connectivity index (χ1) is 14.2. The van der Waals surface area contributed by atoms with Gasteiger partial charge < -0.3 is 0 Å². The van der Waals surface area contributed by atoms with Crippen LogP contribution in [0.5, 0.6) is 0 Å². The Balaban J connectivity index is 1.61. The van der Waals surface area contributed by atoms with Crippen LogP contribution in [0.4, 0.5) is 5.69 Å². The zero-order valence-corrected chi connectivity index (χ0v) is 16.8. The van der Waals surface area contributed by atoms with Crippen molar-refractivity contribution in [2.45, 2.75) is 32.6 Å². The Morgan fingerprint density at radius 2 is 1.69 bits per heavy atom. The van der Waals surface area contributed by atoms with Crippen molar-refractivity contribution in [3.05, 3.63) is 77.4 Å². The standard InChI is InChI=1S/C25H25N3O/c1-19-8-2-3-9-20(19)13-15-25(29)28-17-7-6-16-27(28)24-14-12-21(18-26)22-10-4-5-11-23(22)24/h2-5,8-12,14H,6-7,13,15-17H2,1H3. The maximum atomic E-state index is 13.2. The molecule has 0 aromatic heterocycles. The molecule has 3 aromatic carbocycles. The molecule has 4 heteroatoms. The van der Waals surface area contributed by atoms with E-state index in [0.29, 0.717) is 12.0 Å². The number of hydrogen-bond donors (Lipinski definition) is 0. The molecule has 4 nitrogen and oxygen atoms in total. The first-order valence-corrected chi connectivity index (χ1v) is 10.2. The number of carbonyl (C=O) groups is 1. The number of aryl methyl sites for hydroxylation is 2. The largest absolute Gasteiger partial charge is 0.282 e. The SMILES string of the molecule is Cc1ccccc1CCC(=O)N1CCCCN1c1ccc(C#N)c2ccccc12. The van der Waals surface area contributed by atoms with Crippen LogP contribution in [0.25, 0.3) is 10.8 Å². The van der Waals surface area contributed by atoms with Gasteiger partial charge in [-0.15, -0.1) is 0 Å².